The van der Waals surface area contributed by atoms with E-state index < -0.39 is 8.07 Å². The van der Waals surface area contributed by atoms with Gasteiger partial charge in [-0.2, -0.15) is 34.5 Å². The molecule has 18 aromatic carbocycles. The summed E-state index contributed by atoms with van der Waals surface area (Å²) in [5.74, 6) is 0.863. The molecule has 0 atom stereocenters. The second kappa shape index (κ2) is 50.8. The van der Waals surface area contributed by atoms with Crippen LogP contribution in [-0.4, -0.2) is 53.4 Å². The molecule has 150 heavy (non-hydrogen) atoms. The van der Waals surface area contributed by atoms with Crippen molar-refractivity contribution in [1.82, 2.24) is 19.9 Å². The third-order valence-corrected chi connectivity index (χ3v) is 33.8. The van der Waals surface area contributed by atoms with Crippen molar-refractivity contribution in [3.8, 4) is 120 Å². The van der Waals surface area contributed by atoms with Crippen molar-refractivity contribution in [1.29, 1.82) is 0 Å². The second-order valence-electron chi connectivity index (χ2n) is 35.3. The summed E-state index contributed by atoms with van der Waals surface area (Å²) in [5.41, 5.74) is 23.5. The number of aromatic nitrogens is 8. The third kappa shape index (κ3) is 26.5. The molecule has 8 aromatic heterocycles. The third-order valence-electron chi connectivity index (χ3n) is 23.8. The fourth-order valence-corrected chi connectivity index (χ4v) is 24.7. The minimum absolute atomic E-state index is 0. The quantitative estimate of drug-likeness (QED) is 0.0768. The van der Waals surface area contributed by atoms with Crippen LogP contribution in [-0.2, 0) is 89.5 Å². The van der Waals surface area contributed by atoms with Gasteiger partial charge in [-0.1, -0.05) is 348 Å². The molecule has 0 bridgehead atoms. The largest absolute Gasteiger partial charge is 2.00 e. The number of para-hydroxylation sites is 9. The molecule has 0 radical (unpaired) electrons. The van der Waals surface area contributed by atoms with Crippen LogP contribution in [0.15, 0.2) is 437 Å². The molecule has 26 aromatic rings. The molecule has 28 heteroatoms. The van der Waals surface area contributed by atoms with E-state index in [4.69, 9.17) is 64.9 Å². The fraction of sp³-hybridized carbons (Fsp3) is 0.0492. The van der Waals surface area contributed by atoms with Crippen molar-refractivity contribution < 1.29 is 83.7 Å². The zero-order valence-corrected chi connectivity index (χ0v) is 97.6. The number of fused-ring (bicyclic) bond motifs is 10. The van der Waals surface area contributed by atoms with E-state index in [1.54, 1.807) is 104 Å². The molecule has 0 amide bonds. The number of pyridine rings is 1. The number of aromatic hydroxyl groups is 1. The Morgan fingerprint density at radius 1 is 0.307 bits per heavy atom. The average Bonchev–Trinajstić information content (AvgIpc) is 1.06. The van der Waals surface area contributed by atoms with Crippen LogP contribution in [0.2, 0.25) is 19.6 Å². The van der Waals surface area contributed by atoms with E-state index in [1.165, 1.54) is 62.5 Å². The van der Waals surface area contributed by atoms with Crippen molar-refractivity contribution in [3.63, 3.8) is 0 Å². The number of rotatable bonds is 10. The summed E-state index contributed by atoms with van der Waals surface area (Å²) < 4.78 is 12.8. The molecular formula is C122H91Be2N8O5S10SiZn2+3. The number of thiazole rings is 6. The zero-order chi connectivity index (χ0) is 101. The fourth-order valence-electron chi connectivity index (χ4n) is 16.3. The van der Waals surface area contributed by atoms with Crippen molar-refractivity contribution in [3.05, 3.63) is 429 Å². The number of nitrogens with one attached hydrogen (secondary N) is 4. The molecule has 0 saturated heterocycles. The minimum Gasteiger partial charge on any atom is -0.872 e. The Bertz CT molecular complexity index is 8500. The summed E-state index contributed by atoms with van der Waals surface area (Å²) in [7, 11) is -1.33. The Morgan fingerprint density at radius 2 is 0.687 bits per heavy atom. The van der Waals surface area contributed by atoms with E-state index in [0.29, 0.717) is 11.5 Å². The maximum atomic E-state index is 11.8. The van der Waals surface area contributed by atoms with Gasteiger partial charge in [0.15, 0.2) is 6.20 Å². The summed E-state index contributed by atoms with van der Waals surface area (Å²) in [6.45, 7) is 13.2. The molecule has 26 rings (SSSR count). The normalized spacial score (nSPS) is 10.7. The first-order valence-corrected chi connectivity index (χ1v) is 56.8. The van der Waals surface area contributed by atoms with Crippen molar-refractivity contribution in [2.45, 2.75) is 60.0 Å². The molecule has 13 nitrogen and oxygen atoms in total. The van der Waals surface area contributed by atoms with Crippen LogP contribution in [0.1, 0.15) is 16.7 Å². The van der Waals surface area contributed by atoms with Crippen LogP contribution in [0.5, 0.6) is 23.0 Å². The number of H-pyrrole nitrogens is 4. The Labute approximate surface area is 949 Å². The maximum absolute atomic E-state index is 11.8. The van der Waals surface area contributed by atoms with Crippen LogP contribution in [0.4, 0.5) is 0 Å². The van der Waals surface area contributed by atoms with Gasteiger partial charge in [0.1, 0.15) is 35.2 Å². The number of aromatic amines is 4. The Balaban J connectivity index is 0.000000128. The molecular weight excluding hydrogens is 2150 g/mol. The van der Waals surface area contributed by atoms with E-state index in [2.05, 4.69) is 197 Å². The SMILES string of the molecule is C[Si](C)(C)c1ccc([S-])c(-c2nc3ccccc3s2)c1.Cc1ccc([O-])c(-c2[nH+]c3ccccc3s2)c1.Cc1ccc([S-])c(-c2[nH+]c3ccccc3s2)c1.Cc1ccc([S-])c(-c2nc3ccccc3s2)c1.Oc1ccc(-c2ccccc2)cc1-c1nc2ccccc2s1.[Be+2].[Be+2].[O-]c1cccc2ccc3ccc[nH+]c3c12.[O-]c1ccccc1-c1[nH+]c2ccccc2o1.[S-]c1ccc(-c2ccccc2)cc1-c1nc2ccccc2s1.[Zn+2].[Zn]. The first kappa shape index (κ1) is 110. The first-order chi connectivity index (χ1) is 71.0. The maximum Gasteiger partial charge on any atom is 2.00 e. The smallest absolute Gasteiger partial charge is 0.872 e. The Kier molecular flexibility index (Phi) is 37.4. The average molecular weight is 2250 g/mol. The zero-order valence-electron chi connectivity index (χ0n) is 82.5. The van der Waals surface area contributed by atoms with Crippen LogP contribution in [0, 0.1) is 20.8 Å². The predicted molar refractivity (Wildman–Crippen MR) is 626 cm³/mol. The number of oxazole rings is 1. The van der Waals surface area contributed by atoms with Gasteiger partial charge in [0, 0.05) is 65.6 Å². The van der Waals surface area contributed by atoms with Gasteiger partial charge in [-0.25, -0.2) is 24.9 Å². The summed E-state index contributed by atoms with van der Waals surface area (Å²) in [6, 6.07) is 133. The van der Waals surface area contributed by atoms with Crippen LogP contribution >= 0.6 is 68.0 Å². The van der Waals surface area contributed by atoms with Crippen molar-refractivity contribution >= 4 is 246 Å². The number of phenols is 1. The van der Waals surface area contributed by atoms with Crippen molar-refractivity contribution in [2.75, 3.05) is 0 Å². The predicted octanol–water partition coefficient (Wildman–Crippen LogP) is 28.9. The van der Waals surface area contributed by atoms with Gasteiger partial charge in [0.2, 0.25) is 27.6 Å². The van der Waals surface area contributed by atoms with E-state index in [0.717, 1.165) is 165 Å². The molecule has 0 aliphatic heterocycles. The topological polar surface area (TPSA) is 211 Å². The number of hydrogen-bond donors (Lipinski definition) is 1. The Hall–Kier alpha value is -13.7. The first-order valence-electron chi connectivity index (χ1n) is 46.8. The summed E-state index contributed by atoms with van der Waals surface area (Å²) in [4.78, 5) is 35.2. The van der Waals surface area contributed by atoms with Gasteiger partial charge in [0.05, 0.1) is 60.1 Å². The number of hydrogen-bond acceptors (Lipinski definition) is 19. The summed E-state index contributed by atoms with van der Waals surface area (Å²) in [6.07, 6.45) is 1.84. The van der Waals surface area contributed by atoms with Gasteiger partial charge in [-0.15, -0.1) is 45.3 Å². The van der Waals surface area contributed by atoms with Gasteiger partial charge >= 0.3 is 45.6 Å². The molecule has 0 saturated carbocycles. The molecule has 0 aliphatic rings. The second-order valence-corrected chi connectivity index (χ2v) is 48.4. The van der Waals surface area contributed by atoms with E-state index in [9.17, 15) is 20.4 Å². The van der Waals surface area contributed by atoms with Crippen LogP contribution in [0.25, 0.3) is 191 Å². The van der Waals surface area contributed by atoms with Crippen molar-refractivity contribution in [2.24, 2.45) is 0 Å². The molecule has 718 valence electrons. The number of aryl methyl sites for hydroxylation is 3. The standard InChI is InChI=1S/C19H13NOS.C19H13NS2.C16H17NS2Si.C14H11NOS.2C14H11NS2.C13H9NO2.C13H9NO.2Be.2Zn/c2*21-17-11-10-14(13-6-2-1-3-7-13)12-15(17)19-20-16-8-4-5-9-18(16)22-19;1-20(2,3)11-8-9-14(18)12(10-11)16-17-13-6-4-5-7-15(13)19-16;3*1-9-6-7-12(16)10(8-9)14-15-11-4-2-3-5-13(11)17-14;15-11-7-3-1-5-9(11)13-14-10-6-2-4-8-12(10)16-13;15-11-5-1-3-9-6-7-10-4-2-8-14-13(10)12(9)11;;;;/h2*1-12,21H;4-10,18H,1-3H3;3*2-8,16H,1H3;1-8,15H;1-8,15H;;;;/q;;;;;;;;2*+2;;+2/p-3. The number of phenolic OH excluding ortho intramolecular Hbond substituents is 1. The Morgan fingerprint density at radius 3 is 1.19 bits per heavy atom. The number of nitrogens with zero attached hydrogens (tertiary/aromatic N) is 4. The van der Waals surface area contributed by atoms with Crippen LogP contribution in [0.3, 0.4) is 0 Å². The van der Waals surface area contributed by atoms with Gasteiger partial charge in [0.25, 0.3) is 10.0 Å². The number of benzene rings is 18. The van der Waals surface area contributed by atoms with E-state index in [-0.39, 0.29) is 82.2 Å². The summed E-state index contributed by atoms with van der Waals surface area (Å²) >= 11 is 31.8. The monoisotopic (exact) mass is 2240 g/mol. The van der Waals surface area contributed by atoms with Gasteiger partial charge in [-0.05, 0) is 180 Å². The van der Waals surface area contributed by atoms with E-state index >= 15 is 0 Å². The molecule has 0 aliphatic carbocycles. The molecule has 0 unspecified atom stereocenters. The molecule has 0 fully saturated rings. The minimum atomic E-state index is -1.33. The van der Waals surface area contributed by atoms with Gasteiger partial charge in [-0.3, -0.25) is 0 Å². The summed E-state index contributed by atoms with van der Waals surface area (Å²) in [5, 5.41) is 55.7. The van der Waals surface area contributed by atoms with E-state index in [1.807, 2.05) is 244 Å². The molecule has 8 heterocycles. The molecule has 5 N–H and O–H groups in total. The van der Waals surface area contributed by atoms with Gasteiger partial charge < -0.3 is 75.4 Å². The molecule has 0 spiro atoms. The van der Waals surface area contributed by atoms with Crippen LogP contribution < -0.4 is 40.4 Å².